The molecule has 0 saturated heterocycles. The molecule has 1 aromatic heterocycles. The van der Waals surface area contributed by atoms with E-state index in [4.69, 9.17) is 19.2 Å². The van der Waals surface area contributed by atoms with Gasteiger partial charge in [0.1, 0.15) is 11.5 Å². The van der Waals surface area contributed by atoms with E-state index in [1.807, 2.05) is 72.8 Å². The van der Waals surface area contributed by atoms with Gasteiger partial charge in [0, 0.05) is 15.6 Å². The smallest absolute Gasteiger partial charge is 0.338 e. The van der Waals surface area contributed by atoms with Crippen molar-refractivity contribution in [3.63, 3.8) is 0 Å². The van der Waals surface area contributed by atoms with Crippen LogP contribution in [0.5, 0.6) is 11.5 Å². The van der Waals surface area contributed by atoms with Crippen molar-refractivity contribution in [3.05, 3.63) is 119 Å². The van der Waals surface area contributed by atoms with Gasteiger partial charge in [-0.25, -0.2) is 9.79 Å². The first-order valence-corrected chi connectivity index (χ1v) is 13.8. The summed E-state index contributed by atoms with van der Waals surface area (Å²) >= 11 is 4.75. The fourth-order valence-electron chi connectivity index (χ4n) is 4.53. The minimum Gasteiger partial charge on any atom is -0.497 e. The molecule has 39 heavy (non-hydrogen) atoms. The van der Waals surface area contributed by atoms with Gasteiger partial charge in [0.05, 0.1) is 42.7 Å². The molecule has 2 heterocycles. The molecule has 0 spiro atoms. The Morgan fingerprint density at radius 2 is 1.85 bits per heavy atom. The molecule has 0 fully saturated rings. The van der Waals surface area contributed by atoms with Gasteiger partial charge in [0.15, 0.2) is 4.80 Å². The Balaban J connectivity index is 1.85. The van der Waals surface area contributed by atoms with Gasteiger partial charge in [-0.15, -0.1) is 0 Å². The van der Waals surface area contributed by atoms with Crippen LogP contribution in [0.2, 0.25) is 0 Å². The predicted molar refractivity (Wildman–Crippen MR) is 155 cm³/mol. The minimum absolute atomic E-state index is 0.183. The number of hydrogen-bond donors (Lipinski definition) is 0. The van der Waals surface area contributed by atoms with Crippen molar-refractivity contribution in [3.8, 4) is 11.5 Å². The number of rotatable bonds is 7. The fraction of sp³-hybridized carbons (Fsp3) is 0.167. The Kier molecular flexibility index (Phi) is 7.81. The first kappa shape index (κ1) is 26.6. The van der Waals surface area contributed by atoms with E-state index in [1.165, 1.54) is 11.3 Å². The Hall–Kier alpha value is -3.95. The van der Waals surface area contributed by atoms with Gasteiger partial charge in [-0.3, -0.25) is 9.36 Å². The number of thiazole rings is 1. The standard InChI is InChI=1S/C30H25BrN2O5S/c1-4-38-29(35)25-26(18-9-6-5-7-10-18)32-30-33(27(25)19-11-8-12-22(16-19)36-2)28(34)24(39-30)17-20-15-21(31)13-14-23(20)37-3/h5-17,27H,4H2,1-3H3/b24-17-. The van der Waals surface area contributed by atoms with Crippen LogP contribution in [-0.4, -0.2) is 31.4 Å². The number of nitrogens with zero attached hydrogens (tertiary/aromatic N) is 2. The lowest BCUT2D eigenvalue weighted by Crippen LogP contribution is -2.40. The van der Waals surface area contributed by atoms with Gasteiger partial charge < -0.3 is 14.2 Å². The monoisotopic (exact) mass is 604 g/mol. The minimum atomic E-state index is -0.780. The number of carbonyl (C=O) groups is 1. The highest BCUT2D eigenvalue weighted by atomic mass is 79.9. The lowest BCUT2D eigenvalue weighted by atomic mass is 9.93. The van der Waals surface area contributed by atoms with Crippen molar-refractivity contribution in [1.29, 1.82) is 0 Å². The summed E-state index contributed by atoms with van der Waals surface area (Å²) in [5.74, 6) is 0.705. The maximum atomic E-state index is 14.0. The average Bonchev–Trinajstić information content (AvgIpc) is 3.27. The van der Waals surface area contributed by atoms with Gasteiger partial charge in [0.25, 0.3) is 5.56 Å². The van der Waals surface area contributed by atoms with Gasteiger partial charge in [-0.2, -0.15) is 0 Å². The summed E-state index contributed by atoms with van der Waals surface area (Å²) in [6.07, 6.45) is 1.78. The molecule has 9 heteroatoms. The average molecular weight is 606 g/mol. The molecular formula is C30H25BrN2O5S. The van der Waals surface area contributed by atoms with Crippen LogP contribution in [0, 0.1) is 0 Å². The molecule has 0 N–H and O–H groups in total. The molecule has 0 aliphatic carbocycles. The highest BCUT2D eigenvalue weighted by Gasteiger charge is 2.35. The zero-order valence-electron chi connectivity index (χ0n) is 21.5. The third-order valence-corrected chi connectivity index (χ3v) is 7.74. The molecule has 1 atom stereocenters. The first-order chi connectivity index (χ1) is 18.9. The zero-order valence-corrected chi connectivity index (χ0v) is 23.9. The molecule has 7 nitrogen and oxygen atoms in total. The second-order valence-corrected chi connectivity index (χ2v) is 10.5. The molecule has 1 aliphatic rings. The van der Waals surface area contributed by atoms with Gasteiger partial charge in [0.2, 0.25) is 0 Å². The number of hydrogen-bond acceptors (Lipinski definition) is 7. The SMILES string of the molecule is CCOC(=O)C1=C(c2ccccc2)N=c2s/c(=C\c3cc(Br)ccc3OC)c(=O)n2C1c1cccc(OC)c1. The molecule has 3 aromatic carbocycles. The van der Waals surface area contributed by atoms with E-state index in [0.29, 0.717) is 32.1 Å². The fourth-order valence-corrected chi connectivity index (χ4v) is 5.90. The summed E-state index contributed by atoms with van der Waals surface area (Å²) in [6, 6.07) is 21.6. The summed E-state index contributed by atoms with van der Waals surface area (Å²) in [4.78, 5) is 32.9. The molecule has 0 amide bonds. The predicted octanol–water partition coefficient (Wildman–Crippen LogP) is 4.72. The largest absolute Gasteiger partial charge is 0.497 e. The lowest BCUT2D eigenvalue weighted by molar-refractivity contribution is -0.138. The molecule has 1 aliphatic heterocycles. The van der Waals surface area contributed by atoms with Crippen molar-refractivity contribution < 1.29 is 19.0 Å². The maximum absolute atomic E-state index is 14.0. The third-order valence-electron chi connectivity index (χ3n) is 6.26. The number of benzene rings is 3. The number of halogens is 1. The van der Waals surface area contributed by atoms with Crippen LogP contribution < -0.4 is 24.4 Å². The highest BCUT2D eigenvalue weighted by molar-refractivity contribution is 9.10. The lowest BCUT2D eigenvalue weighted by Gasteiger charge is -2.26. The van der Waals surface area contributed by atoms with Crippen molar-refractivity contribution in [1.82, 2.24) is 4.57 Å². The first-order valence-electron chi connectivity index (χ1n) is 12.2. The van der Waals surface area contributed by atoms with E-state index in [2.05, 4.69) is 15.9 Å². The van der Waals surface area contributed by atoms with Crippen molar-refractivity contribution >= 4 is 45.0 Å². The summed E-state index contributed by atoms with van der Waals surface area (Å²) in [7, 11) is 3.16. The zero-order chi connectivity index (χ0) is 27.5. The number of ether oxygens (including phenoxy) is 3. The van der Waals surface area contributed by atoms with Crippen molar-refractivity contribution in [2.75, 3.05) is 20.8 Å². The highest BCUT2D eigenvalue weighted by Crippen LogP contribution is 2.36. The van der Waals surface area contributed by atoms with Crippen LogP contribution in [0.4, 0.5) is 0 Å². The topological polar surface area (TPSA) is 79.1 Å². The normalized spacial score (nSPS) is 15.0. The number of carbonyl (C=O) groups excluding carboxylic acids is 1. The molecular weight excluding hydrogens is 580 g/mol. The Morgan fingerprint density at radius 3 is 2.56 bits per heavy atom. The number of esters is 1. The van der Waals surface area contributed by atoms with E-state index >= 15 is 0 Å². The van der Waals surface area contributed by atoms with E-state index < -0.39 is 12.0 Å². The summed E-state index contributed by atoms with van der Waals surface area (Å²) in [6.45, 7) is 1.93. The van der Waals surface area contributed by atoms with E-state index in [0.717, 1.165) is 15.6 Å². The molecule has 198 valence electrons. The van der Waals surface area contributed by atoms with Crippen LogP contribution in [0.3, 0.4) is 0 Å². The van der Waals surface area contributed by atoms with E-state index in [9.17, 15) is 9.59 Å². The van der Waals surface area contributed by atoms with Gasteiger partial charge in [-0.05, 0) is 48.9 Å². The summed E-state index contributed by atoms with van der Waals surface area (Å²) in [5, 5.41) is 0. The van der Waals surface area contributed by atoms with Crippen LogP contribution in [-0.2, 0) is 9.53 Å². The van der Waals surface area contributed by atoms with Crippen molar-refractivity contribution in [2.24, 2.45) is 4.99 Å². The molecule has 4 aromatic rings. The molecule has 0 radical (unpaired) electrons. The molecule has 0 saturated carbocycles. The Bertz CT molecular complexity index is 1760. The molecule has 1 unspecified atom stereocenters. The quantitative estimate of drug-likeness (QED) is 0.285. The third kappa shape index (κ3) is 5.20. The van der Waals surface area contributed by atoms with Gasteiger partial charge >= 0.3 is 5.97 Å². The van der Waals surface area contributed by atoms with Crippen LogP contribution >= 0.6 is 27.3 Å². The second kappa shape index (κ2) is 11.4. The molecule has 0 bridgehead atoms. The maximum Gasteiger partial charge on any atom is 0.338 e. The van der Waals surface area contributed by atoms with Crippen LogP contribution in [0.15, 0.2) is 92.6 Å². The van der Waals surface area contributed by atoms with Gasteiger partial charge in [-0.1, -0.05) is 69.7 Å². The number of fused-ring (bicyclic) bond motifs is 1. The van der Waals surface area contributed by atoms with E-state index in [-0.39, 0.29) is 17.7 Å². The summed E-state index contributed by atoms with van der Waals surface area (Å²) < 4.78 is 19.4. The molecule has 5 rings (SSSR count). The number of methoxy groups -OCH3 is 2. The summed E-state index contributed by atoms with van der Waals surface area (Å²) in [5.41, 5.74) is 2.67. The second-order valence-electron chi connectivity index (χ2n) is 8.59. The van der Waals surface area contributed by atoms with Crippen LogP contribution in [0.1, 0.15) is 29.7 Å². The van der Waals surface area contributed by atoms with Crippen LogP contribution in [0.25, 0.3) is 11.8 Å². The number of aromatic nitrogens is 1. The Morgan fingerprint density at radius 1 is 1.05 bits per heavy atom. The van der Waals surface area contributed by atoms with Crippen molar-refractivity contribution in [2.45, 2.75) is 13.0 Å². The Labute approximate surface area is 237 Å². The van der Waals surface area contributed by atoms with E-state index in [1.54, 1.807) is 31.8 Å².